The van der Waals surface area contributed by atoms with Crippen LogP contribution in [0.5, 0.6) is 0 Å². The van der Waals surface area contributed by atoms with Crippen LogP contribution in [-0.4, -0.2) is 34.9 Å². The van der Waals surface area contributed by atoms with Crippen molar-refractivity contribution in [1.29, 1.82) is 0 Å². The number of sulfone groups is 1. The highest BCUT2D eigenvalue weighted by Gasteiger charge is 2.32. The average Bonchev–Trinajstić information content (AvgIpc) is 2.92. The molecule has 0 bridgehead atoms. The van der Waals surface area contributed by atoms with Crippen molar-refractivity contribution in [2.24, 2.45) is 0 Å². The van der Waals surface area contributed by atoms with Crippen molar-refractivity contribution in [1.82, 2.24) is 9.55 Å². The van der Waals surface area contributed by atoms with E-state index in [1.165, 1.54) is 0 Å². The minimum absolute atomic E-state index is 0.288. The Morgan fingerprint density at radius 2 is 2.24 bits per heavy atom. The molecule has 6 heteroatoms. The predicted octanol–water partition coefficient (Wildman–Crippen LogP) is 2.70. The first-order valence-electron chi connectivity index (χ1n) is 7.24. The molecule has 3 rings (SSSR count). The van der Waals surface area contributed by atoms with Crippen molar-refractivity contribution < 1.29 is 8.42 Å². The summed E-state index contributed by atoms with van der Waals surface area (Å²) < 4.78 is 26.3. The van der Waals surface area contributed by atoms with E-state index < -0.39 is 9.84 Å². The van der Waals surface area contributed by atoms with Crippen molar-refractivity contribution >= 4 is 32.5 Å². The van der Waals surface area contributed by atoms with E-state index in [-0.39, 0.29) is 5.25 Å². The first-order chi connectivity index (χ1) is 10.0. The fraction of sp³-hybridized carbons (Fsp3) is 0.533. The Kier molecular flexibility index (Phi) is 3.97. The Morgan fingerprint density at radius 3 is 2.90 bits per heavy atom. The first-order valence-corrected chi connectivity index (χ1v) is 9.49. The van der Waals surface area contributed by atoms with Gasteiger partial charge in [0, 0.05) is 18.8 Å². The van der Waals surface area contributed by atoms with Crippen molar-refractivity contribution in [3.8, 4) is 0 Å². The van der Waals surface area contributed by atoms with Crippen LogP contribution >= 0.6 is 11.6 Å². The Morgan fingerprint density at radius 1 is 1.43 bits per heavy atom. The number of aryl methyl sites for hydroxylation is 2. The maximum Gasteiger partial charge on any atom is 0.154 e. The van der Waals surface area contributed by atoms with Crippen molar-refractivity contribution in [2.45, 2.75) is 38.0 Å². The van der Waals surface area contributed by atoms with E-state index in [1.807, 2.05) is 19.1 Å². The molecule has 0 aliphatic carbocycles. The lowest BCUT2D eigenvalue weighted by atomic mass is 10.2. The van der Waals surface area contributed by atoms with E-state index in [0.717, 1.165) is 35.3 Å². The Hall–Kier alpha value is -1.07. The van der Waals surface area contributed by atoms with Crippen molar-refractivity contribution in [2.75, 3.05) is 11.6 Å². The van der Waals surface area contributed by atoms with Gasteiger partial charge in [0.25, 0.3) is 0 Å². The number of hydrogen-bond donors (Lipinski definition) is 0. The van der Waals surface area contributed by atoms with Gasteiger partial charge in [-0.15, -0.1) is 11.6 Å². The molecule has 4 nitrogen and oxygen atoms in total. The van der Waals surface area contributed by atoms with Crippen LogP contribution in [0.3, 0.4) is 0 Å². The number of halogens is 1. The quantitative estimate of drug-likeness (QED) is 0.812. The molecule has 1 aromatic heterocycles. The van der Waals surface area contributed by atoms with E-state index in [1.54, 1.807) is 0 Å². The number of imidazole rings is 1. The minimum Gasteiger partial charge on any atom is -0.327 e. The fourth-order valence-electron chi connectivity index (χ4n) is 3.03. The standard InChI is InChI=1S/C15H19ClN2O2S/c1-11-4-5-13-14(9-11)18(15(17-13)6-7-16)10-12-3-2-8-21(12,19)20/h4-5,9,12H,2-3,6-8,10H2,1H3. The fourth-order valence-corrected chi connectivity index (χ4v) is 5.00. The highest BCUT2D eigenvalue weighted by atomic mass is 35.5. The Balaban J connectivity index is 2.06. The average molecular weight is 327 g/mol. The van der Waals surface area contributed by atoms with Crippen LogP contribution in [-0.2, 0) is 22.8 Å². The lowest BCUT2D eigenvalue weighted by molar-refractivity contribution is 0.564. The molecule has 1 fully saturated rings. The van der Waals surface area contributed by atoms with Gasteiger partial charge in [-0.3, -0.25) is 0 Å². The minimum atomic E-state index is -2.96. The smallest absolute Gasteiger partial charge is 0.154 e. The first kappa shape index (κ1) is 14.9. The monoisotopic (exact) mass is 326 g/mol. The molecule has 0 radical (unpaired) electrons. The molecule has 1 atom stereocenters. The van der Waals surface area contributed by atoms with Crippen LogP contribution in [0.2, 0.25) is 0 Å². The number of rotatable bonds is 4. The second kappa shape index (κ2) is 5.61. The molecule has 2 aromatic rings. The van der Waals surface area contributed by atoms with Crippen LogP contribution in [0.1, 0.15) is 24.2 Å². The third-order valence-corrected chi connectivity index (χ3v) is 6.60. The molecule has 1 aromatic carbocycles. The van der Waals surface area contributed by atoms with E-state index in [4.69, 9.17) is 11.6 Å². The van der Waals surface area contributed by atoms with Gasteiger partial charge >= 0.3 is 0 Å². The second-order valence-electron chi connectivity index (χ2n) is 5.70. The van der Waals surface area contributed by atoms with E-state index in [0.29, 0.717) is 24.6 Å². The topological polar surface area (TPSA) is 52.0 Å². The number of nitrogens with zero attached hydrogens (tertiary/aromatic N) is 2. The predicted molar refractivity (Wildman–Crippen MR) is 85.7 cm³/mol. The number of fused-ring (bicyclic) bond motifs is 1. The molecule has 114 valence electrons. The van der Waals surface area contributed by atoms with Crippen molar-refractivity contribution in [3.63, 3.8) is 0 Å². The van der Waals surface area contributed by atoms with Gasteiger partial charge in [0.2, 0.25) is 0 Å². The highest BCUT2D eigenvalue weighted by Crippen LogP contribution is 2.25. The number of benzene rings is 1. The molecule has 0 spiro atoms. The molecule has 2 heterocycles. The summed E-state index contributed by atoms with van der Waals surface area (Å²) in [6.07, 6.45) is 2.17. The zero-order valence-electron chi connectivity index (χ0n) is 12.0. The zero-order chi connectivity index (χ0) is 15.0. The summed E-state index contributed by atoms with van der Waals surface area (Å²) in [4.78, 5) is 4.62. The van der Waals surface area contributed by atoms with Gasteiger partial charge in [-0.25, -0.2) is 13.4 Å². The van der Waals surface area contributed by atoms with Gasteiger partial charge in [0.05, 0.1) is 22.0 Å². The number of aromatic nitrogens is 2. The van der Waals surface area contributed by atoms with Crippen LogP contribution in [0.15, 0.2) is 18.2 Å². The molecular weight excluding hydrogens is 308 g/mol. The van der Waals surface area contributed by atoms with E-state index >= 15 is 0 Å². The highest BCUT2D eigenvalue weighted by molar-refractivity contribution is 7.92. The summed E-state index contributed by atoms with van der Waals surface area (Å²) in [5.74, 6) is 1.68. The largest absolute Gasteiger partial charge is 0.327 e. The van der Waals surface area contributed by atoms with Gasteiger partial charge in [0.15, 0.2) is 9.84 Å². The summed E-state index contributed by atoms with van der Waals surface area (Å²) in [5.41, 5.74) is 3.07. The van der Waals surface area contributed by atoms with E-state index in [9.17, 15) is 8.42 Å². The Bertz CT molecular complexity index is 767. The summed E-state index contributed by atoms with van der Waals surface area (Å²) >= 11 is 5.87. The van der Waals surface area contributed by atoms with Gasteiger partial charge in [-0.2, -0.15) is 0 Å². The molecular formula is C15H19ClN2O2S. The zero-order valence-corrected chi connectivity index (χ0v) is 13.6. The molecule has 1 aliphatic heterocycles. The summed E-state index contributed by atoms with van der Waals surface area (Å²) in [7, 11) is -2.96. The van der Waals surface area contributed by atoms with Gasteiger partial charge < -0.3 is 4.57 Å². The Labute approximate surface area is 130 Å². The van der Waals surface area contributed by atoms with Gasteiger partial charge in [-0.1, -0.05) is 6.07 Å². The SMILES string of the molecule is Cc1ccc2nc(CCCl)n(CC3CCCS3(=O)=O)c2c1. The van der Waals surface area contributed by atoms with Crippen LogP contribution < -0.4 is 0 Å². The molecule has 0 saturated carbocycles. The van der Waals surface area contributed by atoms with Crippen LogP contribution in [0.25, 0.3) is 11.0 Å². The van der Waals surface area contributed by atoms with E-state index in [2.05, 4.69) is 15.6 Å². The maximum absolute atomic E-state index is 12.1. The third-order valence-electron chi connectivity index (χ3n) is 4.15. The lowest BCUT2D eigenvalue weighted by Gasteiger charge is -2.14. The normalized spacial score (nSPS) is 21.1. The van der Waals surface area contributed by atoms with Gasteiger partial charge in [0.1, 0.15) is 5.82 Å². The molecule has 1 aliphatic rings. The summed E-state index contributed by atoms with van der Waals surface area (Å²) in [6.45, 7) is 2.53. The van der Waals surface area contributed by atoms with Crippen molar-refractivity contribution in [3.05, 3.63) is 29.6 Å². The molecule has 0 amide bonds. The van der Waals surface area contributed by atoms with Crippen LogP contribution in [0, 0.1) is 6.92 Å². The maximum atomic E-state index is 12.1. The van der Waals surface area contributed by atoms with Gasteiger partial charge in [-0.05, 0) is 37.5 Å². The molecule has 1 saturated heterocycles. The molecule has 21 heavy (non-hydrogen) atoms. The third kappa shape index (κ3) is 2.81. The molecule has 0 N–H and O–H groups in total. The lowest BCUT2D eigenvalue weighted by Crippen LogP contribution is -2.23. The second-order valence-corrected chi connectivity index (χ2v) is 8.48. The summed E-state index contributed by atoms with van der Waals surface area (Å²) in [6, 6.07) is 6.08. The number of hydrogen-bond acceptors (Lipinski definition) is 3. The molecule has 1 unspecified atom stereocenters. The summed E-state index contributed by atoms with van der Waals surface area (Å²) in [5, 5.41) is -0.288. The number of alkyl halides is 1. The van der Waals surface area contributed by atoms with Crippen LogP contribution in [0.4, 0.5) is 0 Å².